The van der Waals surface area contributed by atoms with Crippen molar-refractivity contribution in [2.75, 3.05) is 0 Å². The molecule has 84 valence electrons. The summed E-state index contributed by atoms with van der Waals surface area (Å²) in [5, 5.41) is 5.10. The van der Waals surface area contributed by atoms with Crippen LogP contribution in [0, 0.1) is 6.92 Å². The Morgan fingerprint density at radius 3 is 2.27 bits per heavy atom. The van der Waals surface area contributed by atoms with E-state index in [0.717, 1.165) is 15.6 Å². The highest BCUT2D eigenvalue weighted by atomic mass is 79.9. The second kappa shape index (κ2) is 4.23. The maximum absolute atomic E-state index is 11.2. The number of nitrogens with two attached hydrogens (primary N) is 1. The molecule has 1 rings (SSSR count). The van der Waals surface area contributed by atoms with Gasteiger partial charge in [-0.2, -0.15) is 0 Å². The second-order valence-corrected chi connectivity index (χ2v) is 6.20. The summed E-state index contributed by atoms with van der Waals surface area (Å²) in [7, 11) is -3.62. The van der Waals surface area contributed by atoms with E-state index in [4.69, 9.17) is 5.14 Å². The van der Waals surface area contributed by atoms with Gasteiger partial charge in [0.2, 0.25) is 10.0 Å². The molecule has 0 aliphatic heterocycles. The Morgan fingerprint density at radius 1 is 1.33 bits per heavy atom. The summed E-state index contributed by atoms with van der Waals surface area (Å²) in [5.41, 5.74) is 1.84. The van der Waals surface area contributed by atoms with Gasteiger partial charge < -0.3 is 0 Å². The third-order valence-electron chi connectivity index (χ3n) is 2.21. The van der Waals surface area contributed by atoms with Crippen LogP contribution in [0.4, 0.5) is 0 Å². The van der Waals surface area contributed by atoms with Gasteiger partial charge in [0.25, 0.3) is 0 Å². The lowest BCUT2D eigenvalue weighted by atomic mass is 10.0. The van der Waals surface area contributed by atoms with E-state index < -0.39 is 10.0 Å². The van der Waals surface area contributed by atoms with Crippen LogP contribution in [0.1, 0.15) is 30.9 Å². The number of hydrogen-bond donors (Lipinski definition) is 1. The Morgan fingerprint density at radius 2 is 1.87 bits per heavy atom. The summed E-state index contributed by atoms with van der Waals surface area (Å²) in [6, 6.07) is 3.20. The fourth-order valence-electron chi connectivity index (χ4n) is 1.35. The number of halogens is 1. The van der Waals surface area contributed by atoms with E-state index >= 15 is 0 Å². The van der Waals surface area contributed by atoms with Crippen LogP contribution < -0.4 is 5.14 Å². The first kappa shape index (κ1) is 12.7. The third kappa shape index (κ3) is 2.80. The van der Waals surface area contributed by atoms with Crippen LogP contribution >= 0.6 is 15.9 Å². The molecule has 0 spiro atoms. The Labute approximate surface area is 98.9 Å². The second-order valence-electron chi connectivity index (χ2n) is 3.84. The Balaban J connectivity index is 3.50. The molecule has 0 unspecified atom stereocenters. The van der Waals surface area contributed by atoms with Gasteiger partial charge >= 0.3 is 0 Å². The highest BCUT2D eigenvalue weighted by molar-refractivity contribution is 9.10. The molecular formula is C10H14BrNO2S. The first-order chi connectivity index (χ1) is 6.73. The van der Waals surface area contributed by atoms with Gasteiger partial charge in [0.05, 0.1) is 4.90 Å². The lowest BCUT2D eigenvalue weighted by Gasteiger charge is -2.12. The van der Waals surface area contributed by atoms with Crippen LogP contribution in [0.3, 0.4) is 0 Å². The quantitative estimate of drug-likeness (QED) is 0.910. The van der Waals surface area contributed by atoms with Gasteiger partial charge in [-0.25, -0.2) is 13.6 Å². The number of benzene rings is 1. The standard InChI is InChI=1S/C10H14BrNO2S/c1-6(2)9-5-8(15(12,13)14)4-7(3)10(9)11/h4-6H,1-3H3,(H2,12,13,14). The smallest absolute Gasteiger partial charge is 0.225 e. The molecule has 0 aliphatic rings. The first-order valence-electron chi connectivity index (χ1n) is 4.56. The molecule has 0 aromatic heterocycles. The SMILES string of the molecule is Cc1cc(S(N)(=O)=O)cc(C(C)C)c1Br. The van der Waals surface area contributed by atoms with Crippen molar-refractivity contribution < 1.29 is 8.42 Å². The topological polar surface area (TPSA) is 60.2 Å². The van der Waals surface area contributed by atoms with E-state index in [1.165, 1.54) is 0 Å². The number of sulfonamides is 1. The van der Waals surface area contributed by atoms with Gasteiger partial charge in [-0.3, -0.25) is 0 Å². The predicted molar refractivity (Wildman–Crippen MR) is 64.3 cm³/mol. The average molecular weight is 292 g/mol. The third-order valence-corrected chi connectivity index (χ3v) is 4.18. The van der Waals surface area contributed by atoms with Crippen LogP contribution in [-0.2, 0) is 10.0 Å². The van der Waals surface area contributed by atoms with Gasteiger partial charge in [0.15, 0.2) is 0 Å². The Hall–Kier alpha value is -0.390. The van der Waals surface area contributed by atoms with Crippen molar-refractivity contribution in [3.05, 3.63) is 27.7 Å². The fourth-order valence-corrected chi connectivity index (χ4v) is 2.67. The highest BCUT2D eigenvalue weighted by Crippen LogP contribution is 2.30. The van der Waals surface area contributed by atoms with E-state index in [-0.39, 0.29) is 10.8 Å². The maximum Gasteiger partial charge on any atom is 0.238 e. The highest BCUT2D eigenvalue weighted by Gasteiger charge is 2.14. The van der Waals surface area contributed by atoms with Crippen molar-refractivity contribution in [1.82, 2.24) is 0 Å². The molecule has 1 aromatic carbocycles. The lowest BCUT2D eigenvalue weighted by Crippen LogP contribution is -2.13. The molecule has 2 N–H and O–H groups in total. The lowest BCUT2D eigenvalue weighted by molar-refractivity contribution is 0.597. The maximum atomic E-state index is 11.2. The van der Waals surface area contributed by atoms with Gasteiger partial charge in [-0.05, 0) is 36.1 Å². The summed E-state index contributed by atoms with van der Waals surface area (Å²) >= 11 is 3.45. The molecular weight excluding hydrogens is 278 g/mol. The molecule has 0 heterocycles. The molecule has 0 aliphatic carbocycles. The number of aryl methyl sites for hydroxylation is 1. The summed E-state index contributed by atoms with van der Waals surface area (Å²) in [5.74, 6) is 0.250. The fraction of sp³-hybridized carbons (Fsp3) is 0.400. The zero-order valence-corrected chi connectivity index (χ0v) is 11.3. The summed E-state index contributed by atoms with van der Waals surface area (Å²) < 4.78 is 23.4. The zero-order valence-electron chi connectivity index (χ0n) is 8.91. The van der Waals surface area contributed by atoms with E-state index in [1.807, 2.05) is 20.8 Å². The van der Waals surface area contributed by atoms with E-state index in [0.29, 0.717) is 0 Å². The molecule has 15 heavy (non-hydrogen) atoms. The molecule has 1 aromatic rings. The first-order valence-corrected chi connectivity index (χ1v) is 6.90. The Bertz CT molecular complexity index is 480. The van der Waals surface area contributed by atoms with E-state index in [9.17, 15) is 8.42 Å². The van der Waals surface area contributed by atoms with Crippen LogP contribution in [0.5, 0.6) is 0 Å². The monoisotopic (exact) mass is 291 g/mol. The van der Waals surface area contributed by atoms with Crippen molar-refractivity contribution >= 4 is 26.0 Å². The van der Waals surface area contributed by atoms with Crippen molar-refractivity contribution in [2.24, 2.45) is 5.14 Å². The van der Waals surface area contributed by atoms with Crippen molar-refractivity contribution in [3.63, 3.8) is 0 Å². The number of primary sulfonamides is 1. The predicted octanol–water partition coefficient (Wildman–Crippen LogP) is 2.53. The number of rotatable bonds is 2. The van der Waals surface area contributed by atoms with Crippen molar-refractivity contribution in [3.8, 4) is 0 Å². The largest absolute Gasteiger partial charge is 0.238 e. The van der Waals surface area contributed by atoms with Crippen LogP contribution in [0.25, 0.3) is 0 Å². The van der Waals surface area contributed by atoms with Crippen LogP contribution in [-0.4, -0.2) is 8.42 Å². The molecule has 0 amide bonds. The summed E-state index contributed by atoms with van der Waals surface area (Å²) in [6.45, 7) is 5.86. The minimum absolute atomic E-state index is 0.173. The van der Waals surface area contributed by atoms with E-state index in [1.54, 1.807) is 12.1 Å². The van der Waals surface area contributed by atoms with Crippen molar-refractivity contribution in [2.45, 2.75) is 31.6 Å². The van der Waals surface area contributed by atoms with Gasteiger partial charge in [-0.1, -0.05) is 29.8 Å². The van der Waals surface area contributed by atoms with Gasteiger partial charge in [-0.15, -0.1) is 0 Å². The Kier molecular flexibility index (Phi) is 3.58. The molecule has 0 atom stereocenters. The van der Waals surface area contributed by atoms with Crippen LogP contribution in [0.2, 0.25) is 0 Å². The number of hydrogen-bond acceptors (Lipinski definition) is 2. The minimum Gasteiger partial charge on any atom is -0.225 e. The van der Waals surface area contributed by atoms with E-state index in [2.05, 4.69) is 15.9 Å². The van der Waals surface area contributed by atoms with Gasteiger partial charge in [0, 0.05) is 4.47 Å². The average Bonchev–Trinajstić information content (AvgIpc) is 2.06. The molecule has 0 bridgehead atoms. The molecule has 0 fully saturated rings. The molecule has 0 saturated heterocycles. The normalized spacial score (nSPS) is 12.1. The van der Waals surface area contributed by atoms with Crippen LogP contribution in [0.15, 0.2) is 21.5 Å². The molecule has 5 heteroatoms. The molecule has 0 radical (unpaired) electrons. The summed E-state index contributed by atoms with van der Waals surface area (Å²) in [6.07, 6.45) is 0. The van der Waals surface area contributed by atoms with Gasteiger partial charge in [0.1, 0.15) is 0 Å². The zero-order chi connectivity index (χ0) is 11.8. The molecule has 3 nitrogen and oxygen atoms in total. The molecule has 0 saturated carbocycles. The summed E-state index contributed by atoms with van der Waals surface area (Å²) in [4.78, 5) is 0.173. The van der Waals surface area contributed by atoms with Crippen molar-refractivity contribution in [1.29, 1.82) is 0 Å². The minimum atomic E-state index is -3.62.